The van der Waals surface area contributed by atoms with E-state index in [4.69, 9.17) is 0 Å². The molecule has 0 atom stereocenters. The van der Waals surface area contributed by atoms with Crippen LogP contribution in [-0.2, 0) is 5.60 Å². The predicted molar refractivity (Wildman–Crippen MR) is 69.5 cm³/mol. The molecule has 0 aliphatic heterocycles. The predicted octanol–water partition coefficient (Wildman–Crippen LogP) is 3.51. The molecule has 1 heterocycles. The average Bonchev–Trinajstić information content (AvgIpc) is 2.13. The molecule has 0 saturated heterocycles. The first-order valence-electron chi connectivity index (χ1n) is 6.36. The Kier molecular flexibility index (Phi) is 2.81. The fraction of sp³-hybridized carbons (Fsp3) is 0.667. The van der Waals surface area contributed by atoms with Gasteiger partial charge in [0, 0.05) is 18.0 Å². The molecule has 17 heavy (non-hydrogen) atoms. The molecule has 0 aromatic carbocycles. The lowest BCUT2D eigenvalue weighted by Crippen LogP contribution is -2.44. The molecule has 2 nitrogen and oxygen atoms in total. The Labute approximate surface area is 104 Å². The van der Waals surface area contributed by atoms with Gasteiger partial charge in [0.05, 0.1) is 5.60 Å². The Balaban J connectivity index is 2.37. The Hall–Kier alpha value is -0.890. The molecule has 0 bridgehead atoms. The summed E-state index contributed by atoms with van der Waals surface area (Å²) in [5, 5.41) is 11.0. The number of pyridine rings is 1. The summed E-state index contributed by atoms with van der Waals surface area (Å²) in [7, 11) is 0. The van der Waals surface area contributed by atoms with Gasteiger partial charge in [0.15, 0.2) is 0 Å². The van der Waals surface area contributed by atoms with Crippen LogP contribution in [0.5, 0.6) is 0 Å². The molecular weight excluding hydrogens is 210 g/mol. The van der Waals surface area contributed by atoms with Crippen molar-refractivity contribution in [2.75, 3.05) is 0 Å². The molecule has 2 rings (SSSR count). The van der Waals surface area contributed by atoms with Crippen LogP contribution in [0.4, 0.5) is 0 Å². The fourth-order valence-electron chi connectivity index (χ4n) is 3.91. The molecule has 1 saturated carbocycles. The Morgan fingerprint density at radius 2 is 1.65 bits per heavy atom. The first kappa shape index (κ1) is 12.6. The maximum atomic E-state index is 11.0. The van der Waals surface area contributed by atoms with Crippen LogP contribution in [0.2, 0.25) is 0 Å². The van der Waals surface area contributed by atoms with Crippen LogP contribution in [0.1, 0.15) is 52.5 Å². The molecule has 1 aromatic heterocycles. The summed E-state index contributed by atoms with van der Waals surface area (Å²) in [6.45, 7) is 8.98. The lowest BCUT2D eigenvalue weighted by atomic mass is 9.58. The van der Waals surface area contributed by atoms with Crippen molar-refractivity contribution in [3.8, 4) is 0 Å². The van der Waals surface area contributed by atoms with Gasteiger partial charge in [-0.15, -0.1) is 0 Å². The molecule has 94 valence electrons. The number of rotatable bonds is 1. The molecular formula is C15H23NO. The van der Waals surface area contributed by atoms with E-state index < -0.39 is 5.60 Å². The van der Waals surface area contributed by atoms with Gasteiger partial charge in [-0.05, 0) is 36.2 Å². The number of aromatic nitrogens is 1. The van der Waals surface area contributed by atoms with E-state index in [0.29, 0.717) is 0 Å². The van der Waals surface area contributed by atoms with Crippen molar-refractivity contribution in [3.05, 3.63) is 30.1 Å². The zero-order valence-electron chi connectivity index (χ0n) is 11.3. The molecule has 1 aromatic rings. The van der Waals surface area contributed by atoms with Crippen LogP contribution < -0.4 is 0 Å². The largest absolute Gasteiger partial charge is 0.385 e. The van der Waals surface area contributed by atoms with E-state index in [-0.39, 0.29) is 10.8 Å². The van der Waals surface area contributed by atoms with E-state index in [0.717, 1.165) is 24.8 Å². The minimum absolute atomic E-state index is 0.173. The third-order valence-corrected chi connectivity index (χ3v) is 3.70. The van der Waals surface area contributed by atoms with Crippen molar-refractivity contribution in [3.63, 3.8) is 0 Å². The first-order valence-corrected chi connectivity index (χ1v) is 6.36. The van der Waals surface area contributed by atoms with Gasteiger partial charge in [0.2, 0.25) is 0 Å². The van der Waals surface area contributed by atoms with E-state index in [1.54, 1.807) is 12.4 Å². The summed E-state index contributed by atoms with van der Waals surface area (Å²) >= 11 is 0. The van der Waals surface area contributed by atoms with Gasteiger partial charge in [-0.2, -0.15) is 0 Å². The SMILES string of the molecule is CC1(C)CC(C)(C)CC(O)(c2cccnc2)C1. The molecule has 1 aliphatic rings. The van der Waals surface area contributed by atoms with E-state index in [9.17, 15) is 5.11 Å². The van der Waals surface area contributed by atoms with E-state index >= 15 is 0 Å². The molecule has 1 fully saturated rings. The Bertz CT molecular complexity index is 379. The van der Waals surface area contributed by atoms with Crippen LogP contribution >= 0.6 is 0 Å². The summed E-state index contributed by atoms with van der Waals surface area (Å²) in [5.41, 5.74) is 0.582. The lowest BCUT2D eigenvalue weighted by Gasteiger charge is -2.49. The summed E-state index contributed by atoms with van der Waals surface area (Å²) in [6.07, 6.45) is 6.34. The molecule has 1 N–H and O–H groups in total. The number of aliphatic hydroxyl groups is 1. The van der Waals surface area contributed by atoms with E-state index in [1.807, 2.05) is 12.1 Å². The van der Waals surface area contributed by atoms with Crippen LogP contribution in [0.15, 0.2) is 24.5 Å². The standard InChI is InChI=1S/C15H23NO/c1-13(2)9-14(3,4)11-15(17,10-13)12-6-5-7-16-8-12/h5-8,17H,9-11H2,1-4H3. The van der Waals surface area contributed by atoms with Crippen LogP contribution in [-0.4, -0.2) is 10.1 Å². The molecule has 0 radical (unpaired) electrons. The normalized spacial score (nSPS) is 25.5. The van der Waals surface area contributed by atoms with Gasteiger partial charge in [-0.3, -0.25) is 4.98 Å². The van der Waals surface area contributed by atoms with Gasteiger partial charge < -0.3 is 5.11 Å². The van der Waals surface area contributed by atoms with Crippen molar-refractivity contribution in [2.45, 2.75) is 52.6 Å². The minimum Gasteiger partial charge on any atom is -0.385 e. The van der Waals surface area contributed by atoms with Crippen LogP contribution in [0, 0.1) is 10.8 Å². The van der Waals surface area contributed by atoms with Crippen molar-refractivity contribution in [1.82, 2.24) is 4.98 Å². The van der Waals surface area contributed by atoms with Crippen molar-refractivity contribution >= 4 is 0 Å². The Morgan fingerprint density at radius 3 is 2.12 bits per heavy atom. The summed E-state index contributed by atoms with van der Waals surface area (Å²) < 4.78 is 0. The zero-order valence-corrected chi connectivity index (χ0v) is 11.3. The van der Waals surface area contributed by atoms with Gasteiger partial charge in [-0.1, -0.05) is 33.8 Å². The van der Waals surface area contributed by atoms with Crippen molar-refractivity contribution in [2.24, 2.45) is 10.8 Å². The highest BCUT2D eigenvalue weighted by Crippen LogP contribution is 2.53. The molecule has 0 unspecified atom stereocenters. The van der Waals surface area contributed by atoms with Crippen LogP contribution in [0.3, 0.4) is 0 Å². The molecule has 1 aliphatic carbocycles. The van der Waals surface area contributed by atoms with Gasteiger partial charge in [0.1, 0.15) is 0 Å². The van der Waals surface area contributed by atoms with Gasteiger partial charge in [-0.25, -0.2) is 0 Å². The lowest BCUT2D eigenvalue weighted by molar-refractivity contribution is -0.0914. The summed E-state index contributed by atoms with van der Waals surface area (Å²) in [6, 6.07) is 3.90. The fourth-order valence-corrected chi connectivity index (χ4v) is 3.91. The topological polar surface area (TPSA) is 33.1 Å². The maximum Gasteiger partial charge on any atom is 0.0921 e. The average molecular weight is 233 g/mol. The highest BCUT2D eigenvalue weighted by Gasteiger charge is 2.47. The Morgan fingerprint density at radius 1 is 1.06 bits per heavy atom. The highest BCUT2D eigenvalue weighted by molar-refractivity contribution is 5.20. The van der Waals surface area contributed by atoms with Gasteiger partial charge in [0.25, 0.3) is 0 Å². The number of hydrogen-bond donors (Lipinski definition) is 1. The third kappa shape index (κ3) is 2.68. The van der Waals surface area contributed by atoms with E-state index in [2.05, 4.69) is 32.7 Å². The molecule has 2 heteroatoms. The van der Waals surface area contributed by atoms with Crippen molar-refractivity contribution in [1.29, 1.82) is 0 Å². The van der Waals surface area contributed by atoms with Crippen LogP contribution in [0.25, 0.3) is 0 Å². The molecule has 0 amide bonds. The third-order valence-electron chi connectivity index (χ3n) is 3.70. The minimum atomic E-state index is -0.723. The summed E-state index contributed by atoms with van der Waals surface area (Å²) in [4.78, 5) is 4.14. The van der Waals surface area contributed by atoms with E-state index in [1.165, 1.54) is 0 Å². The second-order valence-electron chi connectivity index (χ2n) is 7.13. The second kappa shape index (κ2) is 3.81. The molecule has 0 spiro atoms. The number of hydrogen-bond acceptors (Lipinski definition) is 2. The first-order chi connectivity index (χ1) is 7.73. The number of nitrogens with zero attached hydrogens (tertiary/aromatic N) is 1. The smallest absolute Gasteiger partial charge is 0.0921 e. The van der Waals surface area contributed by atoms with Gasteiger partial charge >= 0.3 is 0 Å². The quantitative estimate of drug-likeness (QED) is 0.805. The second-order valence-corrected chi connectivity index (χ2v) is 7.13. The highest BCUT2D eigenvalue weighted by atomic mass is 16.3. The monoisotopic (exact) mass is 233 g/mol. The summed E-state index contributed by atoms with van der Waals surface area (Å²) in [5.74, 6) is 0. The van der Waals surface area contributed by atoms with Crippen molar-refractivity contribution < 1.29 is 5.11 Å². The maximum absolute atomic E-state index is 11.0. The zero-order chi connectivity index (χ0) is 12.7.